The molecule has 1 aliphatic carbocycles. The molecule has 1 unspecified atom stereocenters. The van der Waals surface area contributed by atoms with Crippen LogP contribution in [-0.4, -0.2) is 26.0 Å². The fourth-order valence-electron chi connectivity index (χ4n) is 2.11. The summed E-state index contributed by atoms with van der Waals surface area (Å²) in [5, 5.41) is 11.1. The van der Waals surface area contributed by atoms with Gasteiger partial charge in [0.1, 0.15) is 11.4 Å². The van der Waals surface area contributed by atoms with E-state index >= 15 is 0 Å². The Morgan fingerprint density at radius 3 is 2.95 bits per heavy atom. The van der Waals surface area contributed by atoms with Gasteiger partial charge in [-0.3, -0.25) is 4.79 Å². The minimum atomic E-state index is -1.31. The highest BCUT2D eigenvalue weighted by atomic mass is 32.2. The molecule has 0 radical (unpaired) electrons. The second kappa shape index (κ2) is 5.05. The van der Waals surface area contributed by atoms with Crippen LogP contribution in [0.4, 0.5) is 0 Å². The molecule has 2 aromatic heterocycles. The fourth-order valence-corrected chi connectivity index (χ4v) is 3.12. The Bertz CT molecular complexity index is 739. The van der Waals surface area contributed by atoms with Crippen molar-refractivity contribution in [3.05, 3.63) is 53.1 Å². The third-order valence-corrected chi connectivity index (χ3v) is 4.33. The number of hydrogen-bond acceptors (Lipinski definition) is 5. The smallest absolute Gasteiger partial charge is 0.198 e. The van der Waals surface area contributed by atoms with Crippen molar-refractivity contribution in [2.24, 2.45) is 7.05 Å². The average molecular weight is 302 g/mol. The normalized spacial score (nSPS) is 23.9. The van der Waals surface area contributed by atoms with Gasteiger partial charge in [0.2, 0.25) is 0 Å². The van der Waals surface area contributed by atoms with E-state index in [0.717, 1.165) is 0 Å². The molecule has 0 saturated heterocycles. The van der Waals surface area contributed by atoms with Crippen molar-refractivity contribution in [2.75, 3.05) is 0 Å². The molecule has 0 saturated carbocycles. The molecule has 0 aromatic carbocycles. The van der Waals surface area contributed by atoms with E-state index in [1.54, 1.807) is 43.6 Å². The molecule has 2 aromatic rings. The maximum Gasteiger partial charge on any atom is 0.198 e. The van der Waals surface area contributed by atoms with Gasteiger partial charge in [0.05, 0.1) is 11.2 Å². The number of furan rings is 1. The van der Waals surface area contributed by atoms with Crippen LogP contribution in [-0.2, 0) is 11.8 Å². The molecule has 21 heavy (non-hydrogen) atoms. The summed E-state index contributed by atoms with van der Waals surface area (Å²) in [6.07, 6.45) is 8.13. The third-order valence-electron chi connectivity index (χ3n) is 3.23. The Balaban J connectivity index is 1.92. The number of aromatic nitrogens is 2. The van der Waals surface area contributed by atoms with E-state index in [1.807, 2.05) is 11.6 Å². The van der Waals surface area contributed by atoms with Gasteiger partial charge >= 0.3 is 0 Å². The molecule has 1 N–H and O–H groups in total. The van der Waals surface area contributed by atoms with E-state index in [2.05, 4.69) is 4.98 Å². The van der Waals surface area contributed by atoms with E-state index < -0.39 is 5.60 Å². The number of rotatable bonds is 3. The highest BCUT2D eigenvalue weighted by Crippen LogP contribution is 2.39. The van der Waals surface area contributed by atoms with Crippen LogP contribution in [0.1, 0.15) is 12.7 Å². The standard InChI is InChI=1S/C15H14N2O3S/c1-15(19)9-12(21-14-16-5-6-17(14)2)13(18)11(15)8-10-4-3-7-20-10/h3-9,19H,1-2H3/b11-8-. The van der Waals surface area contributed by atoms with Crippen LogP contribution >= 0.6 is 11.8 Å². The number of carbonyl (C=O) groups is 1. The van der Waals surface area contributed by atoms with E-state index in [-0.39, 0.29) is 5.78 Å². The zero-order valence-corrected chi connectivity index (χ0v) is 12.4. The lowest BCUT2D eigenvalue weighted by Crippen LogP contribution is -2.22. The molecule has 0 amide bonds. The number of ketones is 1. The van der Waals surface area contributed by atoms with Crippen molar-refractivity contribution in [3.8, 4) is 0 Å². The van der Waals surface area contributed by atoms with Crippen LogP contribution in [0.25, 0.3) is 6.08 Å². The van der Waals surface area contributed by atoms with Crippen LogP contribution in [0.2, 0.25) is 0 Å². The minimum Gasteiger partial charge on any atom is -0.465 e. The quantitative estimate of drug-likeness (QED) is 0.882. The first kappa shape index (κ1) is 13.9. The Kier molecular flexibility index (Phi) is 3.35. The fraction of sp³-hybridized carbons (Fsp3) is 0.200. The topological polar surface area (TPSA) is 68.3 Å². The zero-order chi connectivity index (χ0) is 15.0. The van der Waals surface area contributed by atoms with Crippen LogP contribution in [0.5, 0.6) is 0 Å². The summed E-state index contributed by atoms with van der Waals surface area (Å²) in [4.78, 5) is 17.1. The van der Waals surface area contributed by atoms with Gasteiger partial charge in [0.15, 0.2) is 10.9 Å². The van der Waals surface area contributed by atoms with E-state index in [0.29, 0.717) is 21.4 Å². The molecule has 2 heterocycles. The Labute approximate surface area is 126 Å². The number of nitrogens with zero attached hydrogens (tertiary/aromatic N) is 2. The third kappa shape index (κ3) is 2.59. The number of aryl methyl sites for hydroxylation is 1. The number of aliphatic hydroxyl groups is 1. The molecule has 1 aliphatic rings. The molecule has 0 fully saturated rings. The number of Topliss-reactive ketones (excluding diaryl/α,β-unsaturated/α-hetero) is 1. The second-order valence-corrected chi connectivity index (χ2v) is 5.99. The minimum absolute atomic E-state index is 0.204. The molecule has 3 rings (SSSR count). The second-order valence-electron chi connectivity index (χ2n) is 4.98. The lowest BCUT2D eigenvalue weighted by molar-refractivity contribution is -0.112. The van der Waals surface area contributed by atoms with Gasteiger partial charge in [-0.15, -0.1) is 0 Å². The van der Waals surface area contributed by atoms with Crippen LogP contribution in [0, 0.1) is 0 Å². The molecule has 1 atom stereocenters. The molecule has 0 spiro atoms. The molecule has 0 aliphatic heterocycles. The van der Waals surface area contributed by atoms with Crippen molar-refractivity contribution >= 4 is 23.6 Å². The largest absolute Gasteiger partial charge is 0.465 e. The summed E-state index contributed by atoms with van der Waals surface area (Å²) < 4.78 is 7.03. The monoisotopic (exact) mass is 302 g/mol. The van der Waals surface area contributed by atoms with Crippen molar-refractivity contribution in [1.29, 1.82) is 0 Å². The van der Waals surface area contributed by atoms with E-state index in [4.69, 9.17) is 4.42 Å². The highest BCUT2D eigenvalue weighted by Gasteiger charge is 2.39. The van der Waals surface area contributed by atoms with Crippen molar-refractivity contribution in [1.82, 2.24) is 9.55 Å². The Morgan fingerprint density at radius 2 is 2.33 bits per heavy atom. The van der Waals surface area contributed by atoms with Crippen molar-refractivity contribution in [3.63, 3.8) is 0 Å². The summed E-state index contributed by atoms with van der Waals surface area (Å²) in [5.74, 6) is 0.333. The van der Waals surface area contributed by atoms with Crippen LogP contribution in [0.15, 0.2) is 56.9 Å². The maximum atomic E-state index is 12.5. The number of carbonyl (C=O) groups excluding carboxylic acids is 1. The number of imidazole rings is 1. The predicted molar refractivity (Wildman–Crippen MR) is 79.5 cm³/mol. The predicted octanol–water partition coefficient (Wildman–Crippen LogP) is 2.41. The SMILES string of the molecule is Cn1ccnc1SC1=CC(C)(O)/C(=C\c2ccco2)C1=O. The van der Waals surface area contributed by atoms with Gasteiger partial charge in [-0.2, -0.15) is 0 Å². The van der Waals surface area contributed by atoms with Gasteiger partial charge in [0.25, 0.3) is 0 Å². The van der Waals surface area contributed by atoms with E-state index in [1.165, 1.54) is 18.0 Å². The number of allylic oxidation sites excluding steroid dienone is 1. The summed E-state index contributed by atoms with van der Waals surface area (Å²) in [5.41, 5.74) is -1.01. The van der Waals surface area contributed by atoms with Gasteiger partial charge in [0, 0.05) is 25.0 Å². The first-order chi connectivity index (χ1) is 9.97. The molecule has 108 valence electrons. The maximum absolute atomic E-state index is 12.5. The van der Waals surface area contributed by atoms with Crippen molar-refractivity contribution < 1.29 is 14.3 Å². The first-order valence-corrected chi connectivity index (χ1v) is 7.20. The average Bonchev–Trinajstić information content (AvgIpc) is 3.10. The Hall–Kier alpha value is -2.05. The summed E-state index contributed by atoms with van der Waals surface area (Å²) in [6, 6.07) is 3.47. The Morgan fingerprint density at radius 1 is 1.52 bits per heavy atom. The molecular formula is C15H14N2O3S. The number of thioether (sulfide) groups is 1. The molecule has 6 heteroatoms. The summed E-state index contributed by atoms with van der Waals surface area (Å²) in [6.45, 7) is 1.59. The highest BCUT2D eigenvalue weighted by molar-refractivity contribution is 8.03. The summed E-state index contributed by atoms with van der Waals surface area (Å²) >= 11 is 1.24. The first-order valence-electron chi connectivity index (χ1n) is 6.38. The van der Waals surface area contributed by atoms with Crippen molar-refractivity contribution in [2.45, 2.75) is 17.7 Å². The van der Waals surface area contributed by atoms with Crippen LogP contribution < -0.4 is 0 Å². The molecule has 5 nitrogen and oxygen atoms in total. The van der Waals surface area contributed by atoms with Crippen LogP contribution in [0.3, 0.4) is 0 Å². The number of hydrogen-bond donors (Lipinski definition) is 1. The van der Waals surface area contributed by atoms with Gasteiger partial charge in [-0.25, -0.2) is 4.98 Å². The lowest BCUT2D eigenvalue weighted by atomic mass is 9.98. The summed E-state index contributed by atoms with van der Waals surface area (Å²) in [7, 11) is 1.85. The molecule has 0 bridgehead atoms. The lowest BCUT2D eigenvalue weighted by Gasteiger charge is -2.14. The molecular weight excluding hydrogens is 288 g/mol. The van der Waals surface area contributed by atoms with Gasteiger partial charge in [-0.1, -0.05) is 0 Å². The zero-order valence-electron chi connectivity index (χ0n) is 11.6. The van der Waals surface area contributed by atoms with E-state index in [9.17, 15) is 9.90 Å². The van der Waals surface area contributed by atoms with Gasteiger partial charge < -0.3 is 14.1 Å². The van der Waals surface area contributed by atoms with Gasteiger partial charge in [-0.05, 0) is 43.0 Å².